The standard InChI is InChI=1S/C28H38O8/c1-27(12-9-17-11-14-35-16-17)19(24(30)31)10-13-28(2)20(26(33)34-3)15-21(29)22(23(27)28)36-25(32)18-7-5-4-6-8-18/h4-8,17,19-23,29H,9-16H2,1-3H3,(H,30,31)/t17?,19-,20-,21-,22?,23?,27-,28-/m0/s1. The molecule has 8 heteroatoms. The molecule has 1 aromatic carbocycles. The van der Waals surface area contributed by atoms with Gasteiger partial charge in [0.1, 0.15) is 6.10 Å². The van der Waals surface area contributed by atoms with Crippen LogP contribution in [0.3, 0.4) is 0 Å². The van der Waals surface area contributed by atoms with Gasteiger partial charge in [0.2, 0.25) is 0 Å². The van der Waals surface area contributed by atoms with Crippen LogP contribution in [-0.4, -0.2) is 60.7 Å². The van der Waals surface area contributed by atoms with Gasteiger partial charge in [0, 0.05) is 19.1 Å². The number of carbonyl (C=O) groups is 3. The summed E-state index contributed by atoms with van der Waals surface area (Å²) in [5.74, 6) is -3.43. The van der Waals surface area contributed by atoms with Crippen molar-refractivity contribution in [3.8, 4) is 0 Å². The number of aliphatic hydroxyl groups is 1. The fraction of sp³-hybridized carbons (Fsp3) is 0.679. The number of carbonyl (C=O) groups excluding carboxylic acids is 2. The molecule has 2 aliphatic carbocycles. The summed E-state index contributed by atoms with van der Waals surface area (Å²) in [5, 5.41) is 21.6. The fourth-order valence-electron chi connectivity index (χ4n) is 7.40. The lowest BCUT2D eigenvalue weighted by Crippen LogP contribution is -2.65. The molecule has 0 spiro atoms. The summed E-state index contributed by atoms with van der Waals surface area (Å²) in [6.45, 7) is 5.27. The topological polar surface area (TPSA) is 119 Å². The summed E-state index contributed by atoms with van der Waals surface area (Å²) >= 11 is 0. The highest BCUT2D eigenvalue weighted by Crippen LogP contribution is 2.64. The third-order valence-corrected chi connectivity index (χ3v) is 9.32. The molecule has 4 rings (SSSR count). The zero-order valence-corrected chi connectivity index (χ0v) is 21.4. The summed E-state index contributed by atoms with van der Waals surface area (Å²) in [5.41, 5.74) is -1.17. The van der Waals surface area contributed by atoms with Crippen LogP contribution in [0.2, 0.25) is 0 Å². The van der Waals surface area contributed by atoms with Crippen molar-refractivity contribution in [2.24, 2.45) is 34.5 Å². The SMILES string of the molecule is COC(=O)[C@@H]1C[C@H](O)C(OC(=O)c2ccccc2)C2[C@@](C)(CCC3CCOC3)[C@H](C(=O)O)CC[C@]21C. The van der Waals surface area contributed by atoms with E-state index in [0.717, 1.165) is 12.8 Å². The van der Waals surface area contributed by atoms with Crippen molar-refractivity contribution in [3.05, 3.63) is 35.9 Å². The number of hydrogen-bond donors (Lipinski definition) is 2. The highest BCUT2D eigenvalue weighted by molar-refractivity contribution is 5.89. The van der Waals surface area contributed by atoms with E-state index in [2.05, 4.69) is 0 Å². The van der Waals surface area contributed by atoms with Crippen molar-refractivity contribution in [1.82, 2.24) is 0 Å². The minimum absolute atomic E-state index is 0.0939. The Morgan fingerprint density at radius 2 is 1.83 bits per heavy atom. The molecule has 0 bridgehead atoms. The van der Waals surface area contributed by atoms with Crippen LogP contribution in [0, 0.1) is 34.5 Å². The molecule has 1 aliphatic heterocycles. The minimum Gasteiger partial charge on any atom is -0.481 e. The molecule has 3 unspecified atom stereocenters. The lowest BCUT2D eigenvalue weighted by atomic mass is 9.43. The van der Waals surface area contributed by atoms with Crippen LogP contribution in [0.1, 0.15) is 62.7 Å². The van der Waals surface area contributed by atoms with Gasteiger partial charge in [-0.1, -0.05) is 32.0 Å². The quantitative estimate of drug-likeness (QED) is 0.542. The molecule has 1 saturated heterocycles. The summed E-state index contributed by atoms with van der Waals surface area (Å²) in [7, 11) is 1.33. The Hall–Kier alpha value is -2.45. The van der Waals surface area contributed by atoms with Crippen LogP contribution in [-0.2, 0) is 23.8 Å². The van der Waals surface area contributed by atoms with Gasteiger partial charge in [-0.05, 0) is 67.4 Å². The molecule has 0 aromatic heterocycles. The lowest BCUT2D eigenvalue weighted by molar-refractivity contribution is -0.217. The molecular formula is C28H38O8. The normalized spacial score (nSPS) is 38.1. The van der Waals surface area contributed by atoms with Crippen molar-refractivity contribution in [3.63, 3.8) is 0 Å². The number of aliphatic hydroxyl groups excluding tert-OH is 1. The zero-order valence-electron chi connectivity index (χ0n) is 21.4. The molecule has 2 saturated carbocycles. The minimum atomic E-state index is -1.12. The van der Waals surface area contributed by atoms with Crippen LogP contribution in [0.5, 0.6) is 0 Å². The summed E-state index contributed by atoms with van der Waals surface area (Å²) in [4.78, 5) is 38.6. The predicted octanol–water partition coefficient (Wildman–Crippen LogP) is 3.71. The van der Waals surface area contributed by atoms with Gasteiger partial charge in [-0.15, -0.1) is 0 Å². The first-order valence-electron chi connectivity index (χ1n) is 12.9. The maximum Gasteiger partial charge on any atom is 0.338 e. The second kappa shape index (κ2) is 10.5. The summed E-state index contributed by atoms with van der Waals surface area (Å²) < 4.78 is 16.7. The highest BCUT2D eigenvalue weighted by atomic mass is 16.6. The Bertz CT molecular complexity index is 958. The molecule has 1 heterocycles. The average molecular weight is 503 g/mol. The molecule has 8 atom stereocenters. The Morgan fingerprint density at radius 3 is 2.44 bits per heavy atom. The monoisotopic (exact) mass is 502 g/mol. The summed E-state index contributed by atoms with van der Waals surface area (Å²) in [6.07, 6.45) is 1.15. The Balaban J connectivity index is 1.76. The largest absolute Gasteiger partial charge is 0.481 e. The van der Waals surface area contributed by atoms with Gasteiger partial charge < -0.3 is 24.4 Å². The van der Waals surface area contributed by atoms with E-state index in [9.17, 15) is 24.6 Å². The molecule has 3 aliphatic rings. The van der Waals surface area contributed by atoms with Crippen molar-refractivity contribution in [1.29, 1.82) is 0 Å². The molecule has 8 nitrogen and oxygen atoms in total. The molecule has 0 amide bonds. The maximum absolute atomic E-state index is 13.1. The molecule has 1 aromatic rings. The highest BCUT2D eigenvalue weighted by Gasteiger charge is 2.66. The third-order valence-electron chi connectivity index (χ3n) is 9.32. The zero-order chi connectivity index (χ0) is 26.1. The number of carboxylic acid groups (broad SMARTS) is 1. The van der Waals surface area contributed by atoms with Gasteiger partial charge in [-0.3, -0.25) is 9.59 Å². The van der Waals surface area contributed by atoms with Gasteiger partial charge in [-0.2, -0.15) is 0 Å². The van der Waals surface area contributed by atoms with Crippen LogP contribution in [0.4, 0.5) is 0 Å². The van der Waals surface area contributed by atoms with E-state index in [-0.39, 0.29) is 6.42 Å². The fourth-order valence-corrected chi connectivity index (χ4v) is 7.40. The lowest BCUT2D eigenvalue weighted by Gasteiger charge is -2.62. The predicted molar refractivity (Wildman–Crippen MR) is 130 cm³/mol. The number of hydrogen-bond acceptors (Lipinski definition) is 7. The van der Waals surface area contributed by atoms with E-state index in [1.807, 2.05) is 13.8 Å². The van der Waals surface area contributed by atoms with E-state index in [1.54, 1.807) is 30.3 Å². The number of rotatable bonds is 7. The van der Waals surface area contributed by atoms with Gasteiger partial charge in [0.15, 0.2) is 0 Å². The molecule has 0 radical (unpaired) electrons. The van der Waals surface area contributed by atoms with E-state index in [1.165, 1.54) is 7.11 Å². The number of benzene rings is 1. The van der Waals surface area contributed by atoms with E-state index in [4.69, 9.17) is 14.2 Å². The number of ether oxygens (including phenoxy) is 3. The number of methoxy groups -OCH3 is 1. The van der Waals surface area contributed by atoms with Crippen LogP contribution in [0.15, 0.2) is 30.3 Å². The smallest absolute Gasteiger partial charge is 0.338 e. The first kappa shape index (κ1) is 26.6. The van der Waals surface area contributed by atoms with Crippen LogP contribution in [0.25, 0.3) is 0 Å². The summed E-state index contributed by atoms with van der Waals surface area (Å²) in [6, 6.07) is 8.56. The molecular weight excluding hydrogens is 464 g/mol. The van der Waals surface area contributed by atoms with Crippen molar-refractivity contribution < 1.29 is 38.8 Å². The Labute approximate surface area is 212 Å². The number of carboxylic acids is 1. The first-order valence-corrected chi connectivity index (χ1v) is 12.9. The van der Waals surface area contributed by atoms with Gasteiger partial charge in [0.25, 0.3) is 0 Å². The average Bonchev–Trinajstić information content (AvgIpc) is 3.38. The van der Waals surface area contributed by atoms with Gasteiger partial charge >= 0.3 is 17.9 Å². The van der Waals surface area contributed by atoms with E-state index < -0.39 is 58.7 Å². The van der Waals surface area contributed by atoms with Crippen LogP contribution >= 0.6 is 0 Å². The molecule has 3 fully saturated rings. The number of esters is 2. The Kier molecular flexibility index (Phi) is 7.76. The second-order valence-corrected chi connectivity index (χ2v) is 11.3. The molecule has 36 heavy (non-hydrogen) atoms. The van der Waals surface area contributed by atoms with Crippen molar-refractivity contribution >= 4 is 17.9 Å². The van der Waals surface area contributed by atoms with Gasteiger partial charge in [-0.25, -0.2) is 4.79 Å². The third kappa shape index (κ3) is 4.77. The van der Waals surface area contributed by atoms with Crippen molar-refractivity contribution in [2.75, 3.05) is 20.3 Å². The van der Waals surface area contributed by atoms with E-state index in [0.29, 0.717) is 44.0 Å². The number of fused-ring (bicyclic) bond motifs is 1. The second-order valence-electron chi connectivity index (χ2n) is 11.3. The molecule has 198 valence electrons. The maximum atomic E-state index is 13.1. The first-order chi connectivity index (χ1) is 17.1. The van der Waals surface area contributed by atoms with Crippen LogP contribution < -0.4 is 0 Å². The Morgan fingerprint density at radius 1 is 1.11 bits per heavy atom. The number of aliphatic carboxylic acids is 1. The van der Waals surface area contributed by atoms with Gasteiger partial charge in [0.05, 0.1) is 30.6 Å². The van der Waals surface area contributed by atoms with E-state index >= 15 is 0 Å². The molecule has 2 N–H and O–H groups in total. The van der Waals surface area contributed by atoms with Crippen molar-refractivity contribution in [2.45, 2.75) is 64.6 Å².